The maximum absolute atomic E-state index is 10.1. The molecule has 0 aliphatic heterocycles. The molecule has 0 aliphatic rings. The van der Waals surface area contributed by atoms with E-state index < -0.39 is 13.0 Å². The van der Waals surface area contributed by atoms with Crippen LogP contribution >= 0.6 is 7.60 Å². The Hall–Kier alpha value is 2.15. The van der Waals surface area contributed by atoms with Gasteiger partial charge < -0.3 is 14.4 Å². The first-order valence-corrected chi connectivity index (χ1v) is 4.45. The molecule has 0 aliphatic carbocycles. The van der Waals surface area contributed by atoms with Crippen molar-refractivity contribution in [2.45, 2.75) is 20.8 Å². The zero-order valence-corrected chi connectivity index (χ0v) is 12.8. The molecule has 0 radical (unpaired) electrons. The molecule has 3 nitrogen and oxygen atoms in total. The second-order valence-electron chi connectivity index (χ2n) is 3.33. The second-order valence-corrected chi connectivity index (χ2v) is 4.87. The number of hydrogen-bond acceptors (Lipinski definition) is 3. The van der Waals surface area contributed by atoms with Crippen LogP contribution in [0.25, 0.3) is 0 Å². The van der Waals surface area contributed by atoms with Gasteiger partial charge in [-0.1, -0.05) is 28.4 Å². The molecular weight excluding hydrogens is 185 g/mol. The summed E-state index contributed by atoms with van der Waals surface area (Å²) < 4.78 is 10.1. The minimum Gasteiger partial charge on any atom is -0.811 e. The van der Waals surface area contributed by atoms with Crippen molar-refractivity contribution in [1.82, 2.24) is 0 Å². The first-order valence-electron chi connectivity index (χ1n) is 2.72. The topological polar surface area (TPSA) is 63.2 Å². The molecule has 0 atom stereocenters. The van der Waals surface area contributed by atoms with Crippen LogP contribution in [0.4, 0.5) is 0 Å². The molecule has 0 bridgehead atoms. The van der Waals surface area contributed by atoms with Crippen LogP contribution in [0.1, 0.15) is 20.8 Å². The molecule has 0 aromatic heterocycles. The molecular formula is C5H11Na2O3P. The summed E-state index contributed by atoms with van der Waals surface area (Å²) in [7, 11) is -4.29. The standard InChI is InChI=1S/C5H13O3P.2Na/c1-5(2,3)4-9(6,7)8;;/h4H2,1-3H3,(H2,6,7,8);;/q;2*+1/p-2. The zero-order valence-electron chi connectivity index (χ0n) is 7.88. The molecule has 0 unspecified atom stereocenters. The van der Waals surface area contributed by atoms with Crippen molar-refractivity contribution in [2.24, 2.45) is 5.41 Å². The van der Waals surface area contributed by atoms with Gasteiger partial charge in [0, 0.05) is 0 Å². The Morgan fingerprint density at radius 1 is 1.18 bits per heavy atom. The van der Waals surface area contributed by atoms with Crippen molar-refractivity contribution >= 4 is 7.60 Å². The van der Waals surface area contributed by atoms with Crippen LogP contribution in [0.5, 0.6) is 0 Å². The summed E-state index contributed by atoms with van der Waals surface area (Å²) in [4.78, 5) is 20.2. The summed E-state index contributed by atoms with van der Waals surface area (Å²) in [6, 6.07) is 0. The molecule has 0 aromatic carbocycles. The van der Waals surface area contributed by atoms with Crippen molar-refractivity contribution in [3.63, 3.8) is 0 Å². The van der Waals surface area contributed by atoms with E-state index in [0.717, 1.165) is 0 Å². The number of hydrogen-bond donors (Lipinski definition) is 0. The third-order valence-corrected chi connectivity index (χ3v) is 2.00. The molecule has 56 valence electrons. The van der Waals surface area contributed by atoms with E-state index in [0.29, 0.717) is 0 Å². The van der Waals surface area contributed by atoms with Crippen LogP contribution in [0.15, 0.2) is 0 Å². The van der Waals surface area contributed by atoms with Gasteiger partial charge in [-0.25, -0.2) is 0 Å². The van der Waals surface area contributed by atoms with E-state index in [4.69, 9.17) is 0 Å². The summed E-state index contributed by atoms with van der Waals surface area (Å²) in [6.07, 6.45) is -0.264. The summed E-state index contributed by atoms with van der Waals surface area (Å²) in [5.41, 5.74) is -0.404. The minimum absolute atomic E-state index is 0. The Kier molecular flexibility index (Phi) is 11.3. The molecule has 0 heterocycles. The van der Waals surface area contributed by atoms with Gasteiger partial charge in [0.05, 0.1) is 0 Å². The van der Waals surface area contributed by atoms with E-state index in [1.54, 1.807) is 20.8 Å². The predicted octanol–water partition coefficient (Wildman–Crippen LogP) is -6.05. The van der Waals surface area contributed by atoms with Gasteiger partial charge in [0.2, 0.25) is 0 Å². The smallest absolute Gasteiger partial charge is 0.811 e. The first-order chi connectivity index (χ1) is 3.71. The zero-order chi connectivity index (χ0) is 7.71. The van der Waals surface area contributed by atoms with Gasteiger partial charge in [0.1, 0.15) is 0 Å². The third kappa shape index (κ3) is 18.8. The fourth-order valence-electron chi connectivity index (χ4n) is 0.581. The minimum atomic E-state index is -4.29. The van der Waals surface area contributed by atoms with E-state index in [1.165, 1.54) is 0 Å². The van der Waals surface area contributed by atoms with Crippen LogP contribution < -0.4 is 68.9 Å². The van der Waals surface area contributed by atoms with Gasteiger partial charge in [-0.05, 0) is 11.6 Å². The summed E-state index contributed by atoms with van der Waals surface area (Å²) in [5.74, 6) is 0. The van der Waals surface area contributed by atoms with Crippen LogP contribution in [-0.2, 0) is 4.57 Å². The SMILES string of the molecule is CC(C)(C)CP(=O)([O-])[O-].[Na+].[Na+]. The Balaban J connectivity index is -0.000000320. The average molecular weight is 196 g/mol. The Labute approximate surface area is 112 Å². The van der Waals surface area contributed by atoms with Crippen LogP contribution in [0.3, 0.4) is 0 Å². The number of rotatable bonds is 1. The molecule has 0 rings (SSSR count). The van der Waals surface area contributed by atoms with Crippen molar-refractivity contribution in [3.05, 3.63) is 0 Å². The molecule has 0 N–H and O–H groups in total. The van der Waals surface area contributed by atoms with E-state index >= 15 is 0 Å². The fraction of sp³-hybridized carbons (Fsp3) is 1.00. The molecule has 0 aromatic rings. The van der Waals surface area contributed by atoms with Gasteiger partial charge in [-0.15, -0.1) is 0 Å². The largest absolute Gasteiger partial charge is 1.00 e. The quantitative estimate of drug-likeness (QED) is 0.310. The van der Waals surface area contributed by atoms with Gasteiger partial charge in [-0.2, -0.15) is 0 Å². The molecule has 0 amide bonds. The van der Waals surface area contributed by atoms with E-state index in [-0.39, 0.29) is 65.3 Å². The summed E-state index contributed by atoms with van der Waals surface area (Å²) in [6.45, 7) is 5.15. The molecule has 0 saturated heterocycles. The second kappa shape index (κ2) is 6.58. The van der Waals surface area contributed by atoms with Gasteiger partial charge >= 0.3 is 59.1 Å². The first kappa shape index (κ1) is 18.8. The van der Waals surface area contributed by atoms with Crippen molar-refractivity contribution in [2.75, 3.05) is 6.16 Å². The monoisotopic (exact) mass is 196 g/mol. The van der Waals surface area contributed by atoms with Crippen molar-refractivity contribution < 1.29 is 73.5 Å². The fourth-order valence-corrected chi connectivity index (χ4v) is 1.74. The molecule has 6 heteroatoms. The summed E-state index contributed by atoms with van der Waals surface area (Å²) in [5, 5.41) is 0. The van der Waals surface area contributed by atoms with Crippen molar-refractivity contribution in [3.8, 4) is 0 Å². The Morgan fingerprint density at radius 2 is 1.45 bits per heavy atom. The Bertz CT molecular complexity index is 137. The van der Waals surface area contributed by atoms with Gasteiger partial charge in [0.25, 0.3) is 0 Å². The normalized spacial score (nSPS) is 11.4. The van der Waals surface area contributed by atoms with Crippen LogP contribution in [-0.4, -0.2) is 6.16 Å². The van der Waals surface area contributed by atoms with Gasteiger partial charge in [0.15, 0.2) is 0 Å². The summed E-state index contributed by atoms with van der Waals surface area (Å²) >= 11 is 0. The third-order valence-electron chi connectivity index (χ3n) is 0.668. The molecule has 0 fully saturated rings. The van der Waals surface area contributed by atoms with Crippen molar-refractivity contribution in [1.29, 1.82) is 0 Å². The van der Waals surface area contributed by atoms with E-state index in [1.807, 2.05) is 0 Å². The predicted molar refractivity (Wildman–Crippen MR) is 31.9 cm³/mol. The molecule has 11 heavy (non-hydrogen) atoms. The molecule has 0 spiro atoms. The maximum Gasteiger partial charge on any atom is 1.00 e. The van der Waals surface area contributed by atoms with Gasteiger partial charge in [-0.3, -0.25) is 0 Å². The van der Waals surface area contributed by atoms with E-state index in [9.17, 15) is 14.4 Å². The Morgan fingerprint density at radius 3 is 1.45 bits per heavy atom. The van der Waals surface area contributed by atoms with E-state index in [2.05, 4.69) is 0 Å². The average Bonchev–Trinajstić information content (AvgIpc) is 1.14. The molecule has 0 saturated carbocycles. The van der Waals surface area contributed by atoms with Crippen LogP contribution in [0, 0.1) is 5.41 Å². The maximum atomic E-state index is 10.1. The van der Waals surface area contributed by atoms with Crippen LogP contribution in [0.2, 0.25) is 0 Å².